The lowest BCUT2D eigenvalue weighted by atomic mass is 9.94. The van der Waals surface area contributed by atoms with Crippen molar-refractivity contribution in [1.82, 2.24) is 66.6 Å². The lowest BCUT2D eigenvalue weighted by Gasteiger charge is -2.37. The van der Waals surface area contributed by atoms with Crippen LogP contribution in [0.4, 0.5) is 0 Å². The Bertz CT molecular complexity index is 2760. The van der Waals surface area contributed by atoms with Crippen molar-refractivity contribution in [3.63, 3.8) is 0 Å². The fourth-order valence-corrected chi connectivity index (χ4v) is 12.0. The monoisotopic (exact) mass is 1420 g/mol. The molecule has 1 aliphatic heterocycles. The number of amides is 13. The summed E-state index contributed by atoms with van der Waals surface area (Å²) < 4.78 is 11.1. The molecular weight excluding hydrogens is 1290 g/mol. The maximum absolute atomic E-state index is 15.1. The summed E-state index contributed by atoms with van der Waals surface area (Å²) in [7, 11) is 9.79. The zero-order chi connectivity index (χ0) is 77.1. The molecule has 1 aliphatic rings. The molecule has 0 radical (unpaired) electrons. The number of hydrogen-bond acceptors (Lipinski definition) is 16. The number of esters is 1. The van der Waals surface area contributed by atoms with Gasteiger partial charge in [0.1, 0.15) is 73.1 Å². The number of carbonyl (C=O) groups is 14. The van der Waals surface area contributed by atoms with Crippen LogP contribution in [0, 0.1) is 47.3 Å². The molecule has 3 unspecified atom stereocenters. The third-order valence-electron chi connectivity index (χ3n) is 18.9. The van der Waals surface area contributed by atoms with Crippen LogP contribution in [0.2, 0.25) is 0 Å². The Morgan fingerprint density at radius 1 is 0.570 bits per heavy atom. The van der Waals surface area contributed by atoms with E-state index in [1.807, 2.05) is 55.4 Å². The molecule has 0 aliphatic carbocycles. The molecule has 0 aromatic heterocycles. The van der Waals surface area contributed by atoms with Crippen LogP contribution in [0.3, 0.4) is 0 Å². The quantitative estimate of drug-likeness (QED) is 0.0812. The second kappa shape index (κ2) is 43.4. The van der Waals surface area contributed by atoms with E-state index in [4.69, 9.17) is 9.47 Å². The van der Waals surface area contributed by atoms with E-state index >= 15 is 4.79 Å². The van der Waals surface area contributed by atoms with Crippen LogP contribution in [-0.2, 0) is 76.6 Å². The minimum Gasteiger partial charge on any atom is -0.458 e. The van der Waals surface area contributed by atoms with E-state index in [2.05, 4.69) is 37.2 Å². The highest BCUT2D eigenvalue weighted by atomic mass is 16.5. The van der Waals surface area contributed by atoms with Gasteiger partial charge < -0.3 is 76.1 Å². The van der Waals surface area contributed by atoms with Gasteiger partial charge in [-0.15, -0.1) is 0 Å². The molecule has 13 amide bonds. The average Bonchev–Trinajstić information content (AvgIpc) is 0.832. The summed E-state index contributed by atoms with van der Waals surface area (Å²) in [6, 6.07) is -12.2. The Balaban J connectivity index is 4.23. The molecule has 1 rings (SSSR count). The van der Waals surface area contributed by atoms with Crippen LogP contribution in [-0.4, -0.2) is 254 Å². The number of ether oxygens (including phenoxy) is 2. The first-order valence-electron chi connectivity index (χ1n) is 35.8. The molecule has 572 valence electrons. The average molecular weight is 1420 g/mol. The molecule has 1 heterocycles. The van der Waals surface area contributed by atoms with Crippen molar-refractivity contribution >= 4 is 82.8 Å². The SMILES string of the molecule is CC[C@H](C)C1NC(=O)CCNC(=O)C([C@@H](C)CC)N(C)C(=O)[C@@H](CC(C)C)NC(=O)CCN(C)C(=O)[C@@H](NC(=O)[C@@H](CC(C)C)N(C)C(=O)[C@@H](NC(=O)COC)C(C)C)[C@@H](C)OC(=O)C([C@@H](C)CC)N(C)C(=O)[C@H](CC(C)C)NC(=O)CCNC(=O)[C@H](C)N(C)C(=O)[C@H](C(C)C)N(C)C1=O. The van der Waals surface area contributed by atoms with E-state index in [9.17, 15) is 62.3 Å². The first-order valence-corrected chi connectivity index (χ1v) is 35.8. The molecule has 1 saturated heterocycles. The first-order chi connectivity index (χ1) is 46.5. The summed E-state index contributed by atoms with van der Waals surface area (Å²) in [5, 5.41) is 19.3. The molecule has 0 spiro atoms. The number of likely N-dealkylation sites (N-methyl/N-ethyl adjacent to an activating group) is 6. The van der Waals surface area contributed by atoms with Crippen LogP contribution >= 0.6 is 0 Å². The number of rotatable bonds is 21. The van der Waals surface area contributed by atoms with Crippen molar-refractivity contribution in [3.05, 3.63) is 0 Å². The van der Waals surface area contributed by atoms with Crippen LogP contribution in [0.25, 0.3) is 0 Å². The number of carbonyl (C=O) groups excluding carboxylic acids is 14. The van der Waals surface area contributed by atoms with E-state index < -0.39 is 185 Å². The van der Waals surface area contributed by atoms with Crippen LogP contribution in [0.1, 0.15) is 182 Å². The molecule has 100 heavy (non-hydrogen) atoms. The van der Waals surface area contributed by atoms with Crippen molar-refractivity contribution in [1.29, 1.82) is 0 Å². The van der Waals surface area contributed by atoms with Gasteiger partial charge in [-0.1, -0.05) is 130 Å². The van der Waals surface area contributed by atoms with Crippen LogP contribution in [0.5, 0.6) is 0 Å². The van der Waals surface area contributed by atoms with Gasteiger partial charge in [-0.25, -0.2) is 4.79 Å². The standard InChI is InChI=1S/C71H127N13O16/c1-26-44(14)57-69(96)82(22)59(43(12)13)70(97)80(20)47(17)62(89)72-32-29-52(85)74-50(36-40(6)7)66(93)84(24)61(46(16)28-3)71(98)100-48(18)58(78-63(90)51(37-41(8)9)81(21)68(95)56(42(10)11)77-55(88)38-99-25)67(94)79(19)34-31-54(87)75-49(35-39(4)5)65(92)83(23)60(45(15)27-2)64(91)73-33-30-53(86)76-57/h39-51,56-61H,26-38H2,1-25H3,(H,72,89)(H,73,91)(H,74,85)(H,75,87)(H,76,86)(H,77,88)(H,78,90)/t44-,45-,46-,47-,48+,49+,50-,51+,56-,57?,58-,59-,60?,61?/m0/s1. The minimum atomic E-state index is -1.71. The van der Waals surface area contributed by atoms with Crippen molar-refractivity contribution in [3.8, 4) is 0 Å². The Morgan fingerprint density at radius 2 is 1.03 bits per heavy atom. The van der Waals surface area contributed by atoms with Crippen molar-refractivity contribution in [2.45, 2.75) is 249 Å². The van der Waals surface area contributed by atoms with E-state index in [-0.39, 0.29) is 76.1 Å². The highest BCUT2D eigenvalue weighted by Crippen LogP contribution is 2.24. The molecule has 29 heteroatoms. The molecule has 29 nitrogen and oxygen atoms in total. The van der Waals surface area contributed by atoms with Gasteiger partial charge in [0, 0.05) is 88.3 Å². The molecular formula is C71H127N13O16. The van der Waals surface area contributed by atoms with E-state index in [0.717, 1.165) is 4.90 Å². The largest absolute Gasteiger partial charge is 0.458 e. The lowest BCUT2D eigenvalue weighted by Crippen LogP contribution is -2.61. The zero-order valence-corrected chi connectivity index (χ0v) is 64.9. The summed E-state index contributed by atoms with van der Waals surface area (Å²) in [6.45, 7) is 30.5. The summed E-state index contributed by atoms with van der Waals surface area (Å²) in [5.74, 6) is -12.3. The lowest BCUT2D eigenvalue weighted by molar-refractivity contribution is -0.164. The Hall–Kier alpha value is -7.46. The van der Waals surface area contributed by atoms with E-state index in [0.29, 0.717) is 19.3 Å². The fraction of sp³-hybridized carbons (Fsp3) is 0.803. The molecule has 0 aromatic carbocycles. The Labute approximate surface area is 595 Å². The van der Waals surface area contributed by atoms with Gasteiger partial charge in [-0.3, -0.25) is 62.3 Å². The van der Waals surface area contributed by atoms with Crippen LogP contribution < -0.4 is 37.2 Å². The van der Waals surface area contributed by atoms with Gasteiger partial charge >= 0.3 is 5.97 Å². The van der Waals surface area contributed by atoms with Crippen molar-refractivity contribution in [2.24, 2.45) is 47.3 Å². The maximum Gasteiger partial charge on any atom is 0.329 e. The zero-order valence-electron chi connectivity index (χ0n) is 64.9. The molecule has 7 N–H and O–H groups in total. The Morgan fingerprint density at radius 3 is 1.49 bits per heavy atom. The number of cyclic esters (lactones) is 1. The molecule has 14 atom stereocenters. The van der Waals surface area contributed by atoms with Gasteiger partial charge in [0.2, 0.25) is 76.8 Å². The number of nitrogens with zero attached hydrogens (tertiary/aromatic N) is 6. The number of nitrogens with one attached hydrogen (secondary N) is 7. The van der Waals surface area contributed by atoms with Crippen LogP contribution in [0.15, 0.2) is 0 Å². The van der Waals surface area contributed by atoms with Crippen molar-refractivity contribution in [2.75, 3.05) is 75.6 Å². The highest BCUT2D eigenvalue weighted by molar-refractivity contribution is 5.98. The number of methoxy groups -OCH3 is 1. The summed E-state index contributed by atoms with van der Waals surface area (Å²) in [5.41, 5.74) is 0. The molecule has 0 bridgehead atoms. The van der Waals surface area contributed by atoms with Gasteiger partial charge in [0.05, 0.1) is 0 Å². The summed E-state index contributed by atoms with van der Waals surface area (Å²) >= 11 is 0. The first kappa shape index (κ1) is 90.6. The molecule has 0 aromatic rings. The minimum absolute atomic E-state index is 0.0632. The predicted octanol–water partition coefficient (Wildman–Crippen LogP) is 2.61. The second-order valence-corrected chi connectivity index (χ2v) is 29.3. The Kier molecular flexibility index (Phi) is 39.3. The smallest absolute Gasteiger partial charge is 0.329 e. The summed E-state index contributed by atoms with van der Waals surface area (Å²) in [6.07, 6.45) is -0.949. The van der Waals surface area contributed by atoms with Gasteiger partial charge in [0.25, 0.3) is 0 Å². The number of hydrogen-bond donors (Lipinski definition) is 7. The van der Waals surface area contributed by atoms with Gasteiger partial charge in [-0.2, -0.15) is 0 Å². The topological polar surface area (TPSA) is 361 Å². The van der Waals surface area contributed by atoms with Gasteiger partial charge in [0.15, 0.2) is 0 Å². The normalized spacial score (nSPS) is 24.8. The third kappa shape index (κ3) is 27.5. The van der Waals surface area contributed by atoms with Gasteiger partial charge in [-0.05, 0) is 80.5 Å². The molecule has 1 fully saturated rings. The predicted molar refractivity (Wildman–Crippen MR) is 379 cm³/mol. The second-order valence-electron chi connectivity index (χ2n) is 29.3. The fourth-order valence-electron chi connectivity index (χ4n) is 12.0. The maximum atomic E-state index is 15.1. The summed E-state index contributed by atoms with van der Waals surface area (Å²) in [4.78, 5) is 207. The van der Waals surface area contributed by atoms with E-state index in [1.54, 1.807) is 55.4 Å². The highest BCUT2D eigenvalue weighted by Gasteiger charge is 2.44. The van der Waals surface area contributed by atoms with E-state index in [1.165, 1.54) is 87.7 Å². The third-order valence-corrected chi connectivity index (χ3v) is 18.9. The van der Waals surface area contributed by atoms with Crippen molar-refractivity contribution < 1.29 is 76.6 Å². The molecule has 0 saturated carbocycles.